The second kappa shape index (κ2) is 10.4. The van der Waals surface area contributed by atoms with Crippen LogP contribution < -0.4 is 0 Å². The van der Waals surface area contributed by atoms with Crippen molar-refractivity contribution in [3.05, 3.63) is 71.8 Å². The van der Waals surface area contributed by atoms with Crippen LogP contribution in [0, 0.1) is 11.8 Å². The van der Waals surface area contributed by atoms with Crippen LogP contribution in [0.15, 0.2) is 60.7 Å². The third-order valence-electron chi connectivity index (χ3n) is 6.08. The van der Waals surface area contributed by atoms with Crippen molar-refractivity contribution in [3.63, 3.8) is 0 Å². The monoisotopic (exact) mass is 334 g/mol. The average Bonchev–Trinajstić information content (AvgIpc) is 2.69. The van der Waals surface area contributed by atoms with Gasteiger partial charge in [0.25, 0.3) is 0 Å². The van der Waals surface area contributed by atoms with E-state index in [1.807, 2.05) is 0 Å². The maximum atomic E-state index is 2.28. The van der Waals surface area contributed by atoms with Gasteiger partial charge in [0.05, 0.1) is 0 Å². The highest BCUT2D eigenvalue weighted by molar-refractivity contribution is 5.15. The molecular weight excluding hydrogens is 300 g/mol. The van der Waals surface area contributed by atoms with Gasteiger partial charge in [-0.3, -0.25) is 0 Å². The molecule has 0 heteroatoms. The summed E-state index contributed by atoms with van der Waals surface area (Å²) in [5.74, 6) is 1.95. The number of hydrogen-bond donors (Lipinski definition) is 0. The Hall–Kier alpha value is -1.56. The lowest BCUT2D eigenvalue weighted by molar-refractivity contribution is 0.218. The third-order valence-corrected chi connectivity index (χ3v) is 6.08. The Bertz CT molecular complexity index is 520. The van der Waals surface area contributed by atoms with Gasteiger partial charge in [0.15, 0.2) is 0 Å². The summed E-state index contributed by atoms with van der Waals surface area (Å²) in [4.78, 5) is 0. The van der Waals surface area contributed by atoms with Crippen LogP contribution in [0.4, 0.5) is 0 Å². The second-order valence-corrected chi connectivity index (χ2v) is 7.91. The molecule has 1 aliphatic rings. The molecule has 0 unspecified atom stereocenters. The molecule has 0 spiro atoms. The van der Waals surface area contributed by atoms with Gasteiger partial charge in [-0.25, -0.2) is 0 Å². The summed E-state index contributed by atoms with van der Waals surface area (Å²) >= 11 is 0. The summed E-state index contributed by atoms with van der Waals surface area (Å²) in [7, 11) is 0. The van der Waals surface area contributed by atoms with Crippen LogP contribution in [0.25, 0.3) is 0 Å². The predicted octanol–water partition coefficient (Wildman–Crippen LogP) is 7.23. The van der Waals surface area contributed by atoms with Crippen molar-refractivity contribution in [1.29, 1.82) is 0 Å². The molecule has 0 nitrogen and oxygen atoms in total. The van der Waals surface area contributed by atoms with Gasteiger partial charge in [-0.1, -0.05) is 92.8 Å². The first kappa shape index (κ1) is 18.2. The lowest BCUT2D eigenvalue weighted by Gasteiger charge is -2.30. The average molecular weight is 335 g/mol. The quantitative estimate of drug-likeness (QED) is 0.454. The SMILES string of the molecule is c1ccc(CCCC(CCCc2ccccc2)C2CCCCC2)cc1. The third kappa shape index (κ3) is 6.34. The fourth-order valence-corrected chi connectivity index (χ4v) is 4.65. The molecule has 1 saturated carbocycles. The second-order valence-electron chi connectivity index (χ2n) is 7.91. The summed E-state index contributed by atoms with van der Waals surface area (Å²) in [5, 5.41) is 0. The van der Waals surface area contributed by atoms with E-state index < -0.39 is 0 Å². The number of hydrogen-bond acceptors (Lipinski definition) is 0. The van der Waals surface area contributed by atoms with Gasteiger partial charge in [-0.15, -0.1) is 0 Å². The van der Waals surface area contributed by atoms with E-state index in [-0.39, 0.29) is 0 Å². The first-order chi connectivity index (χ1) is 12.4. The molecule has 0 bridgehead atoms. The maximum absolute atomic E-state index is 2.28. The van der Waals surface area contributed by atoms with Crippen molar-refractivity contribution in [1.82, 2.24) is 0 Å². The molecule has 3 rings (SSSR count). The van der Waals surface area contributed by atoms with E-state index in [1.54, 1.807) is 0 Å². The minimum atomic E-state index is 0.952. The standard InChI is InChI=1S/C25H34/c1-4-12-22(13-5-1)16-10-20-25(24-18-8-3-9-19-24)21-11-17-23-14-6-2-7-15-23/h1-2,4-7,12-15,24-25H,3,8-11,16-21H2. The van der Waals surface area contributed by atoms with Gasteiger partial charge in [0, 0.05) is 0 Å². The van der Waals surface area contributed by atoms with E-state index in [0.717, 1.165) is 11.8 Å². The lowest BCUT2D eigenvalue weighted by Crippen LogP contribution is -2.18. The Morgan fingerprint density at radius 1 is 0.640 bits per heavy atom. The van der Waals surface area contributed by atoms with Crippen LogP contribution in [0.5, 0.6) is 0 Å². The highest BCUT2D eigenvalue weighted by Crippen LogP contribution is 2.35. The molecule has 1 fully saturated rings. The molecule has 2 aromatic carbocycles. The first-order valence-corrected chi connectivity index (χ1v) is 10.5. The largest absolute Gasteiger partial charge is 0.0622 e. The van der Waals surface area contributed by atoms with Gasteiger partial charge in [-0.05, 0) is 61.5 Å². The Balaban J connectivity index is 1.47. The Labute approximate surface area is 154 Å². The van der Waals surface area contributed by atoms with Crippen LogP contribution in [0.1, 0.15) is 68.9 Å². The molecule has 134 valence electrons. The lowest BCUT2D eigenvalue weighted by atomic mass is 9.75. The molecule has 0 saturated heterocycles. The van der Waals surface area contributed by atoms with E-state index in [4.69, 9.17) is 0 Å². The van der Waals surface area contributed by atoms with Crippen molar-refractivity contribution in [2.24, 2.45) is 11.8 Å². The van der Waals surface area contributed by atoms with Crippen molar-refractivity contribution in [3.8, 4) is 0 Å². The molecule has 0 N–H and O–H groups in total. The molecule has 0 aromatic heterocycles. The molecule has 0 heterocycles. The topological polar surface area (TPSA) is 0 Å². The normalized spacial score (nSPS) is 15.6. The molecule has 0 amide bonds. The summed E-state index contributed by atoms with van der Waals surface area (Å²) in [6, 6.07) is 22.1. The van der Waals surface area contributed by atoms with E-state index in [1.165, 1.54) is 81.8 Å². The van der Waals surface area contributed by atoms with Gasteiger partial charge >= 0.3 is 0 Å². The van der Waals surface area contributed by atoms with Gasteiger partial charge in [0.1, 0.15) is 0 Å². The Kier molecular flexibility index (Phi) is 7.61. The number of benzene rings is 2. The maximum Gasteiger partial charge on any atom is -0.0279 e. The minimum absolute atomic E-state index is 0.952. The molecule has 0 aliphatic heterocycles. The highest BCUT2D eigenvalue weighted by Gasteiger charge is 2.22. The van der Waals surface area contributed by atoms with Crippen molar-refractivity contribution < 1.29 is 0 Å². The molecule has 25 heavy (non-hydrogen) atoms. The minimum Gasteiger partial charge on any atom is -0.0622 e. The van der Waals surface area contributed by atoms with E-state index in [2.05, 4.69) is 60.7 Å². The van der Waals surface area contributed by atoms with Crippen molar-refractivity contribution in [2.45, 2.75) is 70.6 Å². The molecular formula is C25H34. The van der Waals surface area contributed by atoms with E-state index >= 15 is 0 Å². The van der Waals surface area contributed by atoms with Gasteiger partial charge < -0.3 is 0 Å². The van der Waals surface area contributed by atoms with Gasteiger partial charge in [-0.2, -0.15) is 0 Å². The summed E-state index contributed by atoms with van der Waals surface area (Å²) in [5.41, 5.74) is 3.02. The van der Waals surface area contributed by atoms with Crippen molar-refractivity contribution >= 4 is 0 Å². The molecule has 1 aliphatic carbocycles. The van der Waals surface area contributed by atoms with Gasteiger partial charge in [0.2, 0.25) is 0 Å². The van der Waals surface area contributed by atoms with Crippen LogP contribution in [0.3, 0.4) is 0 Å². The molecule has 0 radical (unpaired) electrons. The fraction of sp³-hybridized carbons (Fsp3) is 0.520. The highest BCUT2D eigenvalue weighted by atomic mass is 14.3. The van der Waals surface area contributed by atoms with E-state index in [0.29, 0.717) is 0 Å². The van der Waals surface area contributed by atoms with Crippen molar-refractivity contribution in [2.75, 3.05) is 0 Å². The van der Waals surface area contributed by atoms with Crippen LogP contribution >= 0.6 is 0 Å². The van der Waals surface area contributed by atoms with Crippen LogP contribution in [-0.4, -0.2) is 0 Å². The van der Waals surface area contributed by atoms with E-state index in [9.17, 15) is 0 Å². The number of aryl methyl sites for hydroxylation is 2. The van der Waals surface area contributed by atoms with Crippen LogP contribution in [-0.2, 0) is 12.8 Å². The zero-order valence-corrected chi connectivity index (χ0v) is 15.7. The smallest absolute Gasteiger partial charge is 0.0279 e. The van der Waals surface area contributed by atoms with Crippen LogP contribution in [0.2, 0.25) is 0 Å². The Morgan fingerprint density at radius 3 is 1.60 bits per heavy atom. The molecule has 2 aromatic rings. The predicted molar refractivity (Wildman–Crippen MR) is 109 cm³/mol. The Morgan fingerprint density at radius 2 is 1.12 bits per heavy atom. The summed E-state index contributed by atoms with van der Waals surface area (Å²) in [6.45, 7) is 0. The fourth-order valence-electron chi connectivity index (χ4n) is 4.65. The first-order valence-electron chi connectivity index (χ1n) is 10.5. The zero-order valence-electron chi connectivity index (χ0n) is 15.7. The molecule has 0 atom stereocenters. The number of rotatable bonds is 9. The summed E-state index contributed by atoms with van der Waals surface area (Å²) < 4.78 is 0. The summed E-state index contributed by atoms with van der Waals surface area (Å²) in [6.07, 6.45) is 15.5. The zero-order chi connectivity index (χ0) is 17.2.